The first-order valence-electron chi connectivity index (χ1n) is 11.2. The average Bonchev–Trinajstić information content (AvgIpc) is 2.79. The molecule has 1 unspecified atom stereocenters. The van der Waals surface area contributed by atoms with E-state index >= 15 is 0 Å². The van der Waals surface area contributed by atoms with E-state index in [0.29, 0.717) is 36.9 Å². The Hall–Kier alpha value is -3.22. The predicted molar refractivity (Wildman–Crippen MR) is 125 cm³/mol. The number of benzene rings is 2. The van der Waals surface area contributed by atoms with E-state index in [4.69, 9.17) is 14.2 Å². The summed E-state index contributed by atoms with van der Waals surface area (Å²) >= 11 is 0. The maximum absolute atomic E-state index is 12.3. The first kappa shape index (κ1) is 25.0. The maximum Gasteiger partial charge on any atom is 0.251 e. The largest absolute Gasteiger partial charge is 0.494 e. The third-order valence-electron chi connectivity index (χ3n) is 4.74. The number of rotatable bonds is 13. The Morgan fingerprint density at radius 1 is 0.906 bits per heavy atom. The van der Waals surface area contributed by atoms with Crippen molar-refractivity contribution in [2.24, 2.45) is 0 Å². The van der Waals surface area contributed by atoms with Gasteiger partial charge in [-0.15, -0.1) is 0 Å². The van der Waals surface area contributed by atoms with E-state index in [-0.39, 0.29) is 24.4 Å². The van der Waals surface area contributed by atoms with Crippen LogP contribution in [-0.4, -0.2) is 38.2 Å². The molecule has 0 aliphatic carbocycles. The van der Waals surface area contributed by atoms with Crippen LogP contribution in [0.3, 0.4) is 0 Å². The second-order valence-electron chi connectivity index (χ2n) is 7.27. The van der Waals surface area contributed by atoms with Gasteiger partial charge in [0.2, 0.25) is 5.91 Å². The number of hydrogen-bond donors (Lipinski definition) is 2. The van der Waals surface area contributed by atoms with Gasteiger partial charge in [0.05, 0.1) is 32.4 Å². The van der Waals surface area contributed by atoms with Crippen molar-refractivity contribution in [1.82, 2.24) is 10.6 Å². The highest BCUT2D eigenvalue weighted by Gasteiger charge is 2.14. The quantitative estimate of drug-likeness (QED) is 0.453. The van der Waals surface area contributed by atoms with Crippen molar-refractivity contribution < 1.29 is 23.8 Å². The van der Waals surface area contributed by atoms with E-state index in [1.165, 1.54) is 0 Å². The summed E-state index contributed by atoms with van der Waals surface area (Å²) in [6, 6.07) is 12.2. The lowest BCUT2D eigenvalue weighted by Gasteiger charge is -2.17. The summed E-state index contributed by atoms with van der Waals surface area (Å²) in [5.74, 6) is 1.45. The van der Waals surface area contributed by atoms with Gasteiger partial charge in [-0.2, -0.15) is 0 Å². The van der Waals surface area contributed by atoms with Crippen LogP contribution in [-0.2, 0) is 4.79 Å². The molecule has 2 N–H and O–H groups in total. The van der Waals surface area contributed by atoms with E-state index in [9.17, 15) is 9.59 Å². The van der Waals surface area contributed by atoms with Crippen molar-refractivity contribution in [3.63, 3.8) is 0 Å². The highest BCUT2D eigenvalue weighted by atomic mass is 16.5. The SMILES string of the molecule is CCCCOc1ccc(C(=O)NCC(=O)NC(C)c2ccc(OCC)c(OCC)c2)cc1. The summed E-state index contributed by atoms with van der Waals surface area (Å²) in [6.45, 7) is 9.39. The summed E-state index contributed by atoms with van der Waals surface area (Å²) in [5.41, 5.74) is 1.36. The van der Waals surface area contributed by atoms with Crippen molar-refractivity contribution in [1.29, 1.82) is 0 Å². The number of nitrogens with one attached hydrogen (secondary N) is 2. The molecule has 32 heavy (non-hydrogen) atoms. The molecule has 2 rings (SSSR count). The van der Waals surface area contributed by atoms with Gasteiger partial charge < -0.3 is 24.8 Å². The molecular formula is C25H34N2O5. The molecule has 7 heteroatoms. The van der Waals surface area contributed by atoms with Gasteiger partial charge in [-0.1, -0.05) is 19.4 Å². The zero-order valence-electron chi connectivity index (χ0n) is 19.4. The summed E-state index contributed by atoms with van der Waals surface area (Å²) < 4.78 is 16.8. The Bertz CT molecular complexity index is 867. The first-order chi connectivity index (χ1) is 15.5. The molecular weight excluding hydrogens is 408 g/mol. The topological polar surface area (TPSA) is 85.9 Å². The van der Waals surface area contributed by atoms with Crippen molar-refractivity contribution in [3.05, 3.63) is 53.6 Å². The van der Waals surface area contributed by atoms with Crippen LogP contribution in [0.4, 0.5) is 0 Å². The van der Waals surface area contributed by atoms with Gasteiger partial charge in [-0.05, 0) is 69.2 Å². The van der Waals surface area contributed by atoms with Gasteiger partial charge in [-0.3, -0.25) is 9.59 Å². The van der Waals surface area contributed by atoms with E-state index in [1.54, 1.807) is 24.3 Å². The van der Waals surface area contributed by atoms with Gasteiger partial charge in [-0.25, -0.2) is 0 Å². The van der Waals surface area contributed by atoms with E-state index in [2.05, 4.69) is 17.6 Å². The van der Waals surface area contributed by atoms with Gasteiger partial charge in [0.15, 0.2) is 11.5 Å². The zero-order chi connectivity index (χ0) is 23.3. The van der Waals surface area contributed by atoms with Crippen LogP contribution >= 0.6 is 0 Å². The normalized spacial score (nSPS) is 11.4. The van der Waals surface area contributed by atoms with Crippen LogP contribution in [0.5, 0.6) is 17.2 Å². The number of ether oxygens (including phenoxy) is 3. The van der Waals surface area contributed by atoms with Gasteiger partial charge in [0.1, 0.15) is 5.75 Å². The Kier molecular flexibility index (Phi) is 10.4. The summed E-state index contributed by atoms with van der Waals surface area (Å²) in [7, 11) is 0. The van der Waals surface area contributed by atoms with Crippen LogP contribution in [0.25, 0.3) is 0 Å². The van der Waals surface area contributed by atoms with Crippen molar-refractivity contribution >= 4 is 11.8 Å². The fourth-order valence-corrected chi connectivity index (χ4v) is 3.01. The molecule has 0 saturated carbocycles. The highest BCUT2D eigenvalue weighted by molar-refractivity contribution is 5.96. The third kappa shape index (κ3) is 7.80. The van der Waals surface area contributed by atoms with E-state index < -0.39 is 0 Å². The van der Waals surface area contributed by atoms with Crippen molar-refractivity contribution in [2.75, 3.05) is 26.4 Å². The molecule has 0 aromatic heterocycles. The Balaban J connectivity index is 1.86. The molecule has 0 heterocycles. The number of unbranched alkanes of at least 4 members (excludes halogenated alkanes) is 1. The molecule has 7 nitrogen and oxygen atoms in total. The lowest BCUT2D eigenvalue weighted by Crippen LogP contribution is -2.38. The summed E-state index contributed by atoms with van der Waals surface area (Å²) in [5, 5.41) is 5.54. The van der Waals surface area contributed by atoms with Crippen LogP contribution in [0.15, 0.2) is 42.5 Å². The minimum absolute atomic E-state index is 0.118. The van der Waals surface area contributed by atoms with Crippen molar-refractivity contribution in [3.8, 4) is 17.2 Å². The number of amides is 2. The van der Waals surface area contributed by atoms with E-state index in [0.717, 1.165) is 24.2 Å². The molecule has 2 amide bonds. The Labute approximate surface area is 190 Å². The van der Waals surface area contributed by atoms with Gasteiger partial charge in [0, 0.05) is 5.56 Å². The number of hydrogen-bond acceptors (Lipinski definition) is 5. The zero-order valence-corrected chi connectivity index (χ0v) is 19.4. The number of carbonyl (C=O) groups is 2. The van der Waals surface area contributed by atoms with Gasteiger partial charge in [0.25, 0.3) is 5.91 Å². The molecule has 2 aromatic rings. The predicted octanol–water partition coefficient (Wildman–Crippen LogP) is 4.27. The molecule has 2 aromatic carbocycles. The number of carbonyl (C=O) groups excluding carboxylic acids is 2. The standard InChI is InChI=1S/C25H34N2O5/c1-5-8-15-32-21-12-9-19(10-13-21)25(29)26-17-24(28)27-18(4)20-11-14-22(30-6-2)23(16-20)31-7-3/h9-14,16,18H,5-8,15,17H2,1-4H3,(H,26,29)(H,27,28). The Morgan fingerprint density at radius 3 is 2.25 bits per heavy atom. The summed E-state index contributed by atoms with van der Waals surface area (Å²) in [4.78, 5) is 24.7. The molecule has 1 atom stereocenters. The van der Waals surface area contributed by atoms with Crippen LogP contribution in [0.1, 0.15) is 62.5 Å². The molecule has 0 radical (unpaired) electrons. The molecule has 0 fully saturated rings. The van der Waals surface area contributed by atoms with Gasteiger partial charge >= 0.3 is 0 Å². The average molecular weight is 443 g/mol. The lowest BCUT2D eigenvalue weighted by molar-refractivity contribution is -0.120. The molecule has 0 aliphatic heterocycles. The monoisotopic (exact) mass is 442 g/mol. The van der Waals surface area contributed by atoms with E-state index in [1.807, 2.05) is 39.0 Å². The lowest BCUT2D eigenvalue weighted by atomic mass is 10.1. The fraction of sp³-hybridized carbons (Fsp3) is 0.440. The van der Waals surface area contributed by atoms with Crippen LogP contribution in [0.2, 0.25) is 0 Å². The van der Waals surface area contributed by atoms with Crippen LogP contribution in [0, 0.1) is 0 Å². The van der Waals surface area contributed by atoms with Crippen molar-refractivity contribution in [2.45, 2.75) is 46.6 Å². The third-order valence-corrected chi connectivity index (χ3v) is 4.74. The molecule has 0 saturated heterocycles. The molecule has 0 aliphatic rings. The first-order valence-corrected chi connectivity index (χ1v) is 11.2. The fourth-order valence-electron chi connectivity index (χ4n) is 3.01. The summed E-state index contributed by atoms with van der Waals surface area (Å²) in [6.07, 6.45) is 2.05. The highest BCUT2D eigenvalue weighted by Crippen LogP contribution is 2.30. The second kappa shape index (κ2) is 13.2. The molecule has 0 spiro atoms. The molecule has 0 bridgehead atoms. The minimum atomic E-state index is -0.312. The molecule has 174 valence electrons. The maximum atomic E-state index is 12.3. The second-order valence-corrected chi connectivity index (χ2v) is 7.27. The smallest absolute Gasteiger partial charge is 0.251 e. The van der Waals surface area contributed by atoms with Crippen LogP contribution < -0.4 is 24.8 Å². The minimum Gasteiger partial charge on any atom is -0.494 e. The Morgan fingerprint density at radius 2 is 1.59 bits per heavy atom.